The molecule has 6 nitrogen and oxygen atoms in total. The van der Waals surface area contributed by atoms with Gasteiger partial charge < -0.3 is 20.6 Å². The molecule has 27 heavy (non-hydrogen) atoms. The number of carboxylic acids is 1. The van der Waals surface area contributed by atoms with Crippen LogP contribution in [0, 0.1) is 17.3 Å². The number of unbranched alkanes of at least 4 members (excludes halogenated alkanes) is 1. The molecular formula is C21H36N2O4. The van der Waals surface area contributed by atoms with Crippen molar-refractivity contribution in [3.8, 4) is 0 Å². The molecule has 0 spiro atoms. The molecule has 154 valence electrons. The normalized spacial score (nSPS) is 30.6. The van der Waals surface area contributed by atoms with Crippen LogP contribution in [0.4, 0.5) is 0 Å². The van der Waals surface area contributed by atoms with E-state index >= 15 is 0 Å². The van der Waals surface area contributed by atoms with Gasteiger partial charge in [-0.3, -0.25) is 9.79 Å². The van der Waals surface area contributed by atoms with E-state index in [1.807, 2.05) is 12.2 Å². The van der Waals surface area contributed by atoms with Crippen molar-refractivity contribution in [1.29, 1.82) is 0 Å². The SMILES string of the molecule is CCCCC(C)(C)[C@@H](O)C=CC1C(O)CC2NC(=NCCCC(=O)O)CC21. The zero-order valence-electron chi connectivity index (χ0n) is 16.9. The van der Waals surface area contributed by atoms with E-state index < -0.39 is 18.2 Å². The zero-order chi connectivity index (χ0) is 20.0. The van der Waals surface area contributed by atoms with Crippen LogP contribution in [0.2, 0.25) is 0 Å². The van der Waals surface area contributed by atoms with Crippen LogP contribution in [0.1, 0.15) is 65.7 Å². The van der Waals surface area contributed by atoms with Crippen LogP contribution >= 0.6 is 0 Å². The Labute approximate surface area is 162 Å². The third-order valence-corrected chi connectivity index (χ3v) is 6.07. The molecule has 6 heteroatoms. The lowest BCUT2D eigenvalue weighted by Crippen LogP contribution is -2.28. The van der Waals surface area contributed by atoms with Crippen molar-refractivity contribution in [2.24, 2.45) is 22.2 Å². The van der Waals surface area contributed by atoms with Crippen LogP contribution in [0.5, 0.6) is 0 Å². The summed E-state index contributed by atoms with van der Waals surface area (Å²) in [5.74, 6) is 0.427. The summed E-state index contributed by atoms with van der Waals surface area (Å²) in [6, 6.07) is 0.207. The van der Waals surface area contributed by atoms with E-state index in [-0.39, 0.29) is 29.7 Å². The topological polar surface area (TPSA) is 102 Å². The predicted molar refractivity (Wildman–Crippen MR) is 107 cm³/mol. The lowest BCUT2D eigenvalue weighted by atomic mass is 9.80. The molecule has 1 saturated carbocycles. The van der Waals surface area contributed by atoms with Gasteiger partial charge in [-0.2, -0.15) is 0 Å². The number of carbonyl (C=O) groups is 1. The summed E-state index contributed by atoms with van der Waals surface area (Å²) >= 11 is 0. The van der Waals surface area contributed by atoms with Gasteiger partial charge in [0.25, 0.3) is 0 Å². The number of hydrogen-bond donors (Lipinski definition) is 4. The number of aliphatic hydroxyl groups excluding tert-OH is 2. The lowest BCUT2D eigenvalue weighted by Gasteiger charge is -2.29. The number of fused-ring (bicyclic) bond motifs is 1. The zero-order valence-corrected chi connectivity index (χ0v) is 16.9. The Morgan fingerprint density at radius 2 is 2.15 bits per heavy atom. The summed E-state index contributed by atoms with van der Waals surface area (Å²) in [5.41, 5.74) is -0.167. The number of nitrogens with zero attached hydrogens (tertiary/aromatic N) is 1. The number of amidine groups is 1. The summed E-state index contributed by atoms with van der Waals surface area (Å²) in [6.45, 7) is 6.85. The smallest absolute Gasteiger partial charge is 0.303 e. The molecule has 2 fully saturated rings. The highest BCUT2D eigenvalue weighted by Crippen LogP contribution is 2.40. The van der Waals surface area contributed by atoms with Crippen LogP contribution in [0.3, 0.4) is 0 Å². The van der Waals surface area contributed by atoms with Gasteiger partial charge in [-0.25, -0.2) is 0 Å². The molecule has 1 aliphatic carbocycles. The Morgan fingerprint density at radius 1 is 1.41 bits per heavy atom. The van der Waals surface area contributed by atoms with Crippen molar-refractivity contribution < 1.29 is 20.1 Å². The van der Waals surface area contributed by atoms with Gasteiger partial charge in [0.1, 0.15) is 0 Å². The summed E-state index contributed by atoms with van der Waals surface area (Å²) in [4.78, 5) is 15.1. The Bertz CT molecular complexity index is 558. The van der Waals surface area contributed by atoms with E-state index in [4.69, 9.17) is 5.11 Å². The molecule has 0 amide bonds. The Kier molecular flexibility index (Phi) is 7.86. The standard InChI is InChI=1S/C21H36N2O4/c1-4-5-10-21(2,3)18(25)9-8-14-15-12-19(22-11-6-7-20(26)27)23-16(15)13-17(14)24/h8-9,14-18,24-25H,4-7,10-13H2,1-3H3,(H,22,23)(H,26,27)/t14?,15?,16?,17?,18-/m0/s1. The molecule has 4 unspecified atom stereocenters. The molecule has 0 bridgehead atoms. The second-order valence-electron chi connectivity index (χ2n) is 8.75. The fraction of sp³-hybridized carbons (Fsp3) is 0.810. The minimum absolute atomic E-state index is 0.0193. The second kappa shape index (κ2) is 9.69. The van der Waals surface area contributed by atoms with Crippen LogP contribution in [0.25, 0.3) is 0 Å². The number of aliphatic hydroxyl groups is 2. The average Bonchev–Trinajstić information content (AvgIpc) is 3.11. The molecular weight excluding hydrogens is 344 g/mol. The quantitative estimate of drug-likeness (QED) is 0.345. The van der Waals surface area contributed by atoms with Crippen molar-refractivity contribution >= 4 is 11.8 Å². The molecule has 1 saturated heterocycles. The van der Waals surface area contributed by atoms with Gasteiger partial charge in [0.15, 0.2) is 0 Å². The number of hydrogen-bond acceptors (Lipinski definition) is 4. The predicted octanol–water partition coefficient (Wildman–Crippen LogP) is 2.74. The van der Waals surface area contributed by atoms with E-state index in [1.54, 1.807) is 0 Å². The second-order valence-corrected chi connectivity index (χ2v) is 8.75. The maximum Gasteiger partial charge on any atom is 0.303 e. The van der Waals surface area contributed by atoms with E-state index in [0.717, 1.165) is 31.5 Å². The van der Waals surface area contributed by atoms with E-state index in [9.17, 15) is 15.0 Å². The summed E-state index contributed by atoms with van der Waals surface area (Å²) < 4.78 is 0. The third kappa shape index (κ3) is 6.04. The lowest BCUT2D eigenvalue weighted by molar-refractivity contribution is -0.137. The van der Waals surface area contributed by atoms with Crippen LogP contribution in [-0.4, -0.2) is 51.9 Å². The average molecular weight is 381 g/mol. The summed E-state index contributed by atoms with van der Waals surface area (Å²) in [6.07, 6.45) is 8.28. The molecule has 2 rings (SSSR count). The van der Waals surface area contributed by atoms with E-state index in [2.05, 4.69) is 31.1 Å². The number of rotatable bonds is 10. The molecule has 2 aliphatic rings. The Balaban J connectivity index is 1.92. The van der Waals surface area contributed by atoms with Gasteiger partial charge in [-0.05, 0) is 30.6 Å². The van der Waals surface area contributed by atoms with Gasteiger partial charge in [0.05, 0.1) is 18.0 Å². The molecule has 5 atom stereocenters. The number of aliphatic carboxylic acids is 1. The highest BCUT2D eigenvalue weighted by molar-refractivity contribution is 5.85. The van der Waals surface area contributed by atoms with Gasteiger partial charge in [-0.15, -0.1) is 0 Å². The fourth-order valence-corrected chi connectivity index (χ4v) is 4.19. The van der Waals surface area contributed by atoms with E-state index in [1.165, 1.54) is 0 Å². The molecule has 1 aliphatic heterocycles. The van der Waals surface area contributed by atoms with Crippen LogP contribution in [0.15, 0.2) is 17.1 Å². The minimum Gasteiger partial charge on any atom is -0.481 e. The first kappa shape index (κ1) is 21.9. The largest absolute Gasteiger partial charge is 0.481 e. The van der Waals surface area contributed by atoms with Crippen LogP contribution in [-0.2, 0) is 4.79 Å². The third-order valence-electron chi connectivity index (χ3n) is 6.07. The van der Waals surface area contributed by atoms with Gasteiger partial charge in [0, 0.05) is 31.3 Å². The minimum atomic E-state index is -0.791. The summed E-state index contributed by atoms with van der Waals surface area (Å²) in [7, 11) is 0. The van der Waals surface area contributed by atoms with E-state index in [0.29, 0.717) is 19.4 Å². The molecule has 1 heterocycles. The maximum atomic E-state index is 10.6. The van der Waals surface area contributed by atoms with Crippen molar-refractivity contribution in [3.05, 3.63) is 12.2 Å². The molecule has 0 radical (unpaired) electrons. The first-order valence-corrected chi connectivity index (χ1v) is 10.3. The summed E-state index contributed by atoms with van der Waals surface area (Å²) in [5, 5.41) is 33.1. The van der Waals surface area contributed by atoms with Gasteiger partial charge in [-0.1, -0.05) is 45.8 Å². The van der Waals surface area contributed by atoms with Crippen molar-refractivity contribution in [2.75, 3.05) is 6.54 Å². The van der Waals surface area contributed by atoms with Gasteiger partial charge >= 0.3 is 5.97 Å². The fourth-order valence-electron chi connectivity index (χ4n) is 4.19. The Morgan fingerprint density at radius 3 is 2.81 bits per heavy atom. The highest BCUT2D eigenvalue weighted by atomic mass is 16.4. The molecule has 0 aromatic rings. The molecule has 0 aromatic heterocycles. The number of nitrogens with one attached hydrogen (secondary N) is 1. The molecule has 4 N–H and O–H groups in total. The van der Waals surface area contributed by atoms with Crippen LogP contribution < -0.4 is 5.32 Å². The first-order valence-electron chi connectivity index (χ1n) is 10.3. The molecule has 0 aromatic carbocycles. The van der Waals surface area contributed by atoms with Gasteiger partial charge in [0.2, 0.25) is 0 Å². The number of aliphatic imine (C=N–C) groups is 1. The van der Waals surface area contributed by atoms with Crippen molar-refractivity contribution in [3.63, 3.8) is 0 Å². The highest BCUT2D eigenvalue weighted by Gasteiger charge is 2.45. The van der Waals surface area contributed by atoms with Crippen molar-refractivity contribution in [1.82, 2.24) is 5.32 Å². The Hall–Kier alpha value is -1.40. The first-order chi connectivity index (χ1) is 12.7. The van der Waals surface area contributed by atoms with Crippen molar-refractivity contribution in [2.45, 2.75) is 84.0 Å². The monoisotopic (exact) mass is 380 g/mol. The maximum absolute atomic E-state index is 10.6. The number of carboxylic acid groups (broad SMARTS) is 1.